The molecule has 2 heterocycles. The van der Waals surface area contributed by atoms with Gasteiger partial charge in [0.1, 0.15) is 11.6 Å². The van der Waals surface area contributed by atoms with Crippen LogP contribution in [0.1, 0.15) is 11.5 Å². The standard InChI is InChI=1S/C13H12FN5O2S2/c14-10-1-3-12(4-2-10)19-13(16-17-18-19)8-23(20,21)6-5-11-7-22-9-15-11/h1-4,7,9H,5-6,8H2. The van der Waals surface area contributed by atoms with Crippen LogP contribution in [0.3, 0.4) is 0 Å². The number of nitrogens with zero attached hydrogens (tertiary/aromatic N) is 5. The number of halogens is 1. The van der Waals surface area contributed by atoms with Crippen LogP contribution < -0.4 is 0 Å². The van der Waals surface area contributed by atoms with Crippen LogP contribution in [0.4, 0.5) is 4.39 Å². The van der Waals surface area contributed by atoms with E-state index in [4.69, 9.17) is 0 Å². The van der Waals surface area contributed by atoms with E-state index in [-0.39, 0.29) is 23.1 Å². The van der Waals surface area contributed by atoms with Crippen molar-refractivity contribution in [1.82, 2.24) is 25.2 Å². The molecule has 0 bridgehead atoms. The average molecular weight is 353 g/mol. The maximum atomic E-state index is 13.0. The lowest BCUT2D eigenvalue weighted by atomic mass is 10.3. The van der Waals surface area contributed by atoms with Gasteiger partial charge < -0.3 is 0 Å². The number of hydrogen-bond donors (Lipinski definition) is 0. The second kappa shape index (κ2) is 6.50. The third-order valence-electron chi connectivity index (χ3n) is 3.11. The van der Waals surface area contributed by atoms with Crippen LogP contribution >= 0.6 is 11.3 Å². The van der Waals surface area contributed by atoms with Crippen LogP contribution in [0.25, 0.3) is 5.69 Å². The van der Waals surface area contributed by atoms with Gasteiger partial charge in [-0.2, -0.15) is 4.68 Å². The molecule has 0 amide bonds. The molecule has 0 radical (unpaired) electrons. The average Bonchev–Trinajstić information content (AvgIpc) is 3.17. The molecule has 0 fully saturated rings. The molecule has 2 aromatic heterocycles. The predicted molar refractivity (Wildman–Crippen MR) is 82.4 cm³/mol. The molecule has 0 saturated heterocycles. The lowest BCUT2D eigenvalue weighted by Crippen LogP contribution is -2.15. The minimum atomic E-state index is -3.39. The zero-order valence-electron chi connectivity index (χ0n) is 11.8. The molecule has 0 aliphatic rings. The van der Waals surface area contributed by atoms with Crippen LogP contribution in [0.2, 0.25) is 0 Å². The van der Waals surface area contributed by atoms with E-state index in [1.807, 2.05) is 5.38 Å². The molecule has 0 saturated carbocycles. The normalized spacial score (nSPS) is 11.7. The zero-order chi connectivity index (χ0) is 16.3. The minimum Gasteiger partial charge on any atom is -0.250 e. The van der Waals surface area contributed by atoms with Gasteiger partial charge in [-0.15, -0.1) is 16.4 Å². The Morgan fingerprint density at radius 1 is 1.22 bits per heavy atom. The highest BCUT2D eigenvalue weighted by Gasteiger charge is 2.19. The molecule has 0 aliphatic carbocycles. The van der Waals surface area contributed by atoms with Gasteiger partial charge >= 0.3 is 0 Å². The summed E-state index contributed by atoms with van der Waals surface area (Å²) in [6.45, 7) is 0. The molecule has 23 heavy (non-hydrogen) atoms. The molecule has 0 spiro atoms. The lowest BCUT2D eigenvalue weighted by Gasteiger charge is -2.05. The van der Waals surface area contributed by atoms with Crippen molar-refractivity contribution < 1.29 is 12.8 Å². The quantitative estimate of drug-likeness (QED) is 0.666. The Morgan fingerprint density at radius 3 is 2.70 bits per heavy atom. The van der Waals surface area contributed by atoms with Crippen LogP contribution in [0.15, 0.2) is 35.2 Å². The molecular formula is C13H12FN5O2S2. The summed E-state index contributed by atoms with van der Waals surface area (Å²) >= 11 is 1.42. The fraction of sp³-hybridized carbons (Fsp3) is 0.231. The fourth-order valence-electron chi connectivity index (χ4n) is 1.97. The van der Waals surface area contributed by atoms with Gasteiger partial charge in [-0.3, -0.25) is 0 Å². The summed E-state index contributed by atoms with van der Waals surface area (Å²) in [6.07, 6.45) is 0.351. The first-order chi connectivity index (χ1) is 11.0. The first-order valence-corrected chi connectivity index (χ1v) is 9.41. The Labute approximate surface area is 135 Å². The number of aromatic nitrogens is 5. The van der Waals surface area contributed by atoms with E-state index in [1.54, 1.807) is 5.51 Å². The van der Waals surface area contributed by atoms with E-state index >= 15 is 0 Å². The number of sulfone groups is 1. The highest BCUT2D eigenvalue weighted by atomic mass is 32.2. The zero-order valence-corrected chi connectivity index (χ0v) is 13.5. The number of hydrogen-bond acceptors (Lipinski definition) is 7. The molecular weight excluding hydrogens is 341 g/mol. The number of aryl methyl sites for hydroxylation is 1. The van der Waals surface area contributed by atoms with Crippen LogP contribution in [0, 0.1) is 5.82 Å². The molecule has 0 unspecified atom stereocenters. The monoisotopic (exact) mass is 353 g/mol. The fourth-order valence-corrected chi connectivity index (χ4v) is 3.80. The minimum absolute atomic E-state index is 0.0347. The summed E-state index contributed by atoms with van der Waals surface area (Å²) < 4.78 is 38.7. The second-order valence-electron chi connectivity index (χ2n) is 4.81. The third kappa shape index (κ3) is 3.96. The molecule has 3 rings (SSSR count). The largest absolute Gasteiger partial charge is 0.250 e. The number of rotatable bonds is 6. The predicted octanol–water partition coefficient (Wildman–Crippen LogP) is 1.42. The van der Waals surface area contributed by atoms with Gasteiger partial charge in [0.15, 0.2) is 15.7 Å². The molecule has 120 valence electrons. The van der Waals surface area contributed by atoms with Crippen LogP contribution in [0.5, 0.6) is 0 Å². The van der Waals surface area contributed by atoms with Crippen LogP contribution in [-0.2, 0) is 22.0 Å². The third-order valence-corrected chi connectivity index (χ3v) is 5.27. The first kappa shape index (κ1) is 15.7. The molecule has 0 aliphatic heterocycles. The van der Waals surface area contributed by atoms with E-state index in [0.717, 1.165) is 5.69 Å². The number of benzene rings is 1. The maximum absolute atomic E-state index is 13.0. The van der Waals surface area contributed by atoms with Crippen molar-refractivity contribution in [2.75, 3.05) is 5.75 Å². The topological polar surface area (TPSA) is 90.6 Å². The highest BCUT2D eigenvalue weighted by molar-refractivity contribution is 7.90. The Balaban J connectivity index is 1.75. The van der Waals surface area contributed by atoms with Gasteiger partial charge in [0.2, 0.25) is 0 Å². The van der Waals surface area contributed by atoms with Crippen molar-refractivity contribution in [2.45, 2.75) is 12.2 Å². The Morgan fingerprint density at radius 2 is 2.00 bits per heavy atom. The van der Waals surface area contributed by atoms with Crippen molar-refractivity contribution in [3.8, 4) is 5.69 Å². The van der Waals surface area contributed by atoms with E-state index in [2.05, 4.69) is 20.5 Å². The first-order valence-electron chi connectivity index (χ1n) is 6.64. The van der Waals surface area contributed by atoms with E-state index < -0.39 is 9.84 Å². The van der Waals surface area contributed by atoms with Gasteiger partial charge in [0, 0.05) is 11.8 Å². The summed E-state index contributed by atoms with van der Waals surface area (Å²) in [7, 11) is -3.39. The number of tetrazole rings is 1. The Bertz CT molecular complexity index is 875. The van der Waals surface area contributed by atoms with E-state index in [9.17, 15) is 12.8 Å². The van der Waals surface area contributed by atoms with Gasteiger partial charge in [-0.05, 0) is 34.7 Å². The number of thiazole rings is 1. The molecule has 7 nitrogen and oxygen atoms in total. The van der Waals surface area contributed by atoms with Gasteiger partial charge in [0.05, 0.1) is 22.6 Å². The lowest BCUT2D eigenvalue weighted by molar-refractivity contribution is 0.591. The van der Waals surface area contributed by atoms with Crippen molar-refractivity contribution in [1.29, 1.82) is 0 Å². The summed E-state index contributed by atoms with van der Waals surface area (Å²) in [5.74, 6) is -0.525. The smallest absolute Gasteiger partial charge is 0.171 e. The van der Waals surface area contributed by atoms with Crippen molar-refractivity contribution >= 4 is 21.2 Å². The summed E-state index contributed by atoms with van der Waals surface area (Å²) in [5, 5.41) is 12.9. The van der Waals surface area contributed by atoms with E-state index in [0.29, 0.717) is 12.1 Å². The molecule has 3 aromatic rings. The molecule has 0 atom stereocenters. The summed E-state index contributed by atoms with van der Waals surface area (Å²) in [4.78, 5) is 4.06. The van der Waals surface area contributed by atoms with Gasteiger partial charge in [-0.1, -0.05) is 0 Å². The maximum Gasteiger partial charge on any atom is 0.171 e. The molecule has 10 heteroatoms. The molecule has 1 aromatic carbocycles. The molecule has 0 N–H and O–H groups in total. The Hall–Kier alpha value is -2.20. The van der Waals surface area contributed by atoms with Crippen LogP contribution in [-0.4, -0.2) is 39.4 Å². The highest BCUT2D eigenvalue weighted by Crippen LogP contribution is 2.12. The summed E-state index contributed by atoms with van der Waals surface area (Å²) in [6, 6.07) is 5.49. The van der Waals surface area contributed by atoms with Crippen molar-refractivity contribution in [3.05, 3.63) is 52.5 Å². The van der Waals surface area contributed by atoms with Gasteiger partial charge in [-0.25, -0.2) is 17.8 Å². The van der Waals surface area contributed by atoms with E-state index in [1.165, 1.54) is 40.3 Å². The summed E-state index contributed by atoms with van der Waals surface area (Å²) in [5.41, 5.74) is 2.91. The Kier molecular flexibility index (Phi) is 4.44. The SMILES string of the molecule is O=S(=O)(CCc1cscn1)Cc1nnnn1-c1ccc(F)cc1. The van der Waals surface area contributed by atoms with Crippen molar-refractivity contribution in [2.24, 2.45) is 0 Å². The van der Waals surface area contributed by atoms with Crippen molar-refractivity contribution in [3.63, 3.8) is 0 Å². The second-order valence-corrected chi connectivity index (χ2v) is 7.71. The van der Waals surface area contributed by atoms with Gasteiger partial charge in [0.25, 0.3) is 0 Å².